The fourth-order valence-electron chi connectivity index (χ4n) is 2.66. The number of aromatic nitrogens is 1. The third-order valence-electron chi connectivity index (χ3n) is 4.08. The number of halogens is 1. The smallest absolute Gasteiger partial charge is 0.321 e. The maximum atomic E-state index is 13.8. The van der Waals surface area contributed by atoms with Gasteiger partial charge in [0.15, 0.2) is 5.13 Å². The van der Waals surface area contributed by atoms with Gasteiger partial charge in [-0.1, -0.05) is 30.3 Å². The Hall–Kier alpha value is -2.97. The second-order valence-corrected chi connectivity index (χ2v) is 7.13. The van der Waals surface area contributed by atoms with Gasteiger partial charge in [-0.2, -0.15) is 0 Å². The van der Waals surface area contributed by atoms with Crippen molar-refractivity contribution < 1.29 is 19.0 Å². The quantitative estimate of drug-likeness (QED) is 0.563. The van der Waals surface area contributed by atoms with Gasteiger partial charge in [0.1, 0.15) is 11.6 Å². The van der Waals surface area contributed by atoms with Crippen LogP contribution in [-0.4, -0.2) is 29.8 Å². The summed E-state index contributed by atoms with van der Waals surface area (Å²) in [4.78, 5) is 17.3. The molecule has 2 aromatic carbocycles. The van der Waals surface area contributed by atoms with Crippen molar-refractivity contribution in [1.29, 1.82) is 0 Å². The molecule has 0 saturated carbocycles. The molecule has 3 N–H and O–H groups in total. The Morgan fingerprint density at radius 3 is 2.86 bits per heavy atom. The SMILES string of the molecule is COc1cccc(C(CO)NC(=O)Nc2ncc(Cc3ccccc3F)s2)c1. The number of nitrogens with one attached hydrogen (secondary N) is 2. The molecule has 6 nitrogen and oxygen atoms in total. The number of rotatable bonds is 7. The van der Waals surface area contributed by atoms with Gasteiger partial charge in [-0.25, -0.2) is 14.2 Å². The highest BCUT2D eigenvalue weighted by Gasteiger charge is 2.16. The van der Waals surface area contributed by atoms with E-state index in [2.05, 4.69) is 15.6 Å². The van der Waals surface area contributed by atoms with Crippen LogP contribution >= 0.6 is 11.3 Å². The average molecular weight is 401 g/mol. The Labute approximate surface area is 166 Å². The molecule has 3 aromatic rings. The molecule has 3 rings (SSSR count). The van der Waals surface area contributed by atoms with Crippen LogP contribution in [0, 0.1) is 5.82 Å². The largest absolute Gasteiger partial charge is 0.497 e. The van der Waals surface area contributed by atoms with Crippen LogP contribution in [0.25, 0.3) is 0 Å². The first-order chi connectivity index (χ1) is 13.6. The van der Waals surface area contributed by atoms with Crippen molar-refractivity contribution in [1.82, 2.24) is 10.3 Å². The average Bonchev–Trinajstić information content (AvgIpc) is 3.14. The molecule has 28 heavy (non-hydrogen) atoms. The lowest BCUT2D eigenvalue weighted by Gasteiger charge is -2.17. The first-order valence-corrected chi connectivity index (χ1v) is 9.41. The van der Waals surface area contributed by atoms with Crippen LogP contribution in [0.1, 0.15) is 22.0 Å². The molecule has 1 aromatic heterocycles. The van der Waals surface area contributed by atoms with Gasteiger partial charge >= 0.3 is 6.03 Å². The maximum Gasteiger partial charge on any atom is 0.321 e. The number of carbonyl (C=O) groups excluding carboxylic acids is 1. The summed E-state index contributed by atoms with van der Waals surface area (Å²) in [5.41, 5.74) is 1.29. The fraction of sp³-hybridized carbons (Fsp3) is 0.200. The highest BCUT2D eigenvalue weighted by Crippen LogP contribution is 2.23. The number of carbonyl (C=O) groups is 1. The van der Waals surface area contributed by atoms with Crippen molar-refractivity contribution in [2.45, 2.75) is 12.5 Å². The number of amides is 2. The van der Waals surface area contributed by atoms with E-state index >= 15 is 0 Å². The molecular weight excluding hydrogens is 381 g/mol. The van der Waals surface area contributed by atoms with E-state index in [-0.39, 0.29) is 12.4 Å². The molecule has 1 heterocycles. The summed E-state index contributed by atoms with van der Waals surface area (Å²) in [6.45, 7) is -0.267. The minimum atomic E-state index is -0.590. The summed E-state index contributed by atoms with van der Waals surface area (Å²) in [5, 5.41) is 15.4. The van der Waals surface area contributed by atoms with Crippen molar-refractivity contribution in [3.8, 4) is 5.75 Å². The number of methoxy groups -OCH3 is 1. The second-order valence-electron chi connectivity index (χ2n) is 6.01. The Balaban J connectivity index is 1.61. The summed E-state index contributed by atoms with van der Waals surface area (Å²) in [6.07, 6.45) is 2.01. The van der Waals surface area contributed by atoms with Crippen LogP contribution in [0.3, 0.4) is 0 Å². The number of ether oxygens (including phenoxy) is 1. The Bertz CT molecular complexity index is 948. The summed E-state index contributed by atoms with van der Waals surface area (Å²) in [6, 6.07) is 12.6. The fourth-order valence-corrected chi connectivity index (χ4v) is 3.49. The van der Waals surface area contributed by atoms with Crippen LogP contribution in [0.5, 0.6) is 5.75 Å². The number of urea groups is 1. The zero-order valence-electron chi connectivity index (χ0n) is 15.2. The van der Waals surface area contributed by atoms with E-state index in [1.165, 1.54) is 17.4 Å². The Morgan fingerprint density at radius 1 is 1.29 bits per heavy atom. The van der Waals surface area contributed by atoms with Crippen molar-refractivity contribution in [2.24, 2.45) is 0 Å². The van der Waals surface area contributed by atoms with E-state index in [9.17, 15) is 14.3 Å². The van der Waals surface area contributed by atoms with E-state index in [0.29, 0.717) is 22.9 Å². The lowest BCUT2D eigenvalue weighted by atomic mass is 10.1. The number of aliphatic hydroxyl groups is 1. The zero-order chi connectivity index (χ0) is 19.9. The second kappa shape index (κ2) is 9.29. The number of benzene rings is 2. The van der Waals surface area contributed by atoms with Gasteiger partial charge < -0.3 is 15.2 Å². The Morgan fingerprint density at radius 2 is 2.11 bits per heavy atom. The van der Waals surface area contributed by atoms with Crippen LogP contribution in [0.2, 0.25) is 0 Å². The normalized spacial score (nSPS) is 11.7. The molecule has 1 unspecified atom stereocenters. The van der Waals surface area contributed by atoms with Gasteiger partial charge in [0.2, 0.25) is 0 Å². The number of anilines is 1. The summed E-state index contributed by atoms with van der Waals surface area (Å²) >= 11 is 1.27. The highest BCUT2D eigenvalue weighted by atomic mass is 32.1. The van der Waals surface area contributed by atoms with E-state index < -0.39 is 12.1 Å². The van der Waals surface area contributed by atoms with Crippen molar-refractivity contribution >= 4 is 22.5 Å². The van der Waals surface area contributed by atoms with E-state index in [0.717, 1.165) is 10.4 Å². The molecule has 0 spiro atoms. The minimum Gasteiger partial charge on any atom is -0.497 e. The van der Waals surface area contributed by atoms with Crippen molar-refractivity contribution in [2.75, 3.05) is 19.0 Å². The molecule has 0 bridgehead atoms. The lowest BCUT2D eigenvalue weighted by Crippen LogP contribution is -2.34. The first kappa shape index (κ1) is 19.8. The third-order valence-corrected chi connectivity index (χ3v) is 4.99. The van der Waals surface area contributed by atoms with Gasteiger partial charge in [0, 0.05) is 17.5 Å². The van der Waals surface area contributed by atoms with Gasteiger partial charge in [-0.05, 0) is 29.3 Å². The molecule has 0 aliphatic rings. The molecule has 0 aliphatic carbocycles. The molecule has 0 fully saturated rings. The molecule has 8 heteroatoms. The lowest BCUT2D eigenvalue weighted by molar-refractivity contribution is 0.225. The van der Waals surface area contributed by atoms with Gasteiger partial charge in [0.05, 0.1) is 19.8 Å². The van der Waals surface area contributed by atoms with Gasteiger partial charge in [-0.3, -0.25) is 5.32 Å². The number of thiazole rings is 1. The van der Waals surface area contributed by atoms with Crippen molar-refractivity contribution in [3.05, 3.63) is 76.5 Å². The summed E-state index contributed by atoms with van der Waals surface area (Å²) in [7, 11) is 1.55. The standard InChI is InChI=1S/C20H20FN3O3S/c1-27-15-7-4-6-14(9-15)18(12-25)23-19(26)24-20-22-11-16(28-20)10-13-5-2-3-8-17(13)21/h2-9,11,18,25H,10,12H2,1H3,(H2,22,23,24,26). The molecule has 146 valence electrons. The third kappa shape index (κ3) is 5.05. The van der Waals surface area contributed by atoms with Crippen LogP contribution < -0.4 is 15.4 Å². The number of hydrogen-bond acceptors (Lipinski definition) is 5. The molecular formula is C20H20FN3O3S. The maximum absolute atomic E-state index is 13.8. The molecule has 0 saturated heterocycles. The van der Waals surface area contributed by atoms with Crippen LogP contribution in [0.4, 0.5) is 14.3 Å². The number of hydrogen-bond donors (Lipinski definition) is 3. The predicted octanol–water partition coefficient (Wildman–Crippen LogP) is 3.74. The van der Waals surface area contributed by atoms with Gasteiger partial charge in [0.25, 0.3) is 0 Å². The van der Waals surface area contributed by atoms with E-state index in [1.54, 1.807) is 55.8 Å². The van der Waals surface area contributed by atoms with Crippen LogP contribution in [-0.2, 0) is 6.42 Å². The Kier molecular flexibility index (Phi) is 6.57. The number of aliphatic hydroxyl groups excluding tert-OH is 1. The molecule has 2 amide bonds. The van der Waals surface area contributed by atoms with E-state index in [1.807, 2.05) is 0 Å². The predicted molar refractivity (Wildman–Crippen MR) is 106 cm³/mol. The van der Waals surface area contributed by atoms with Crippen LogP contribution in [0.15, 0.2) is 54.7 Å². The number of nitrogens with zero attached hydrogens (tertiary/aromatic N) is 1. The van der Waals surface area contributed by atoms with Gasteiger partial charge in [-0.15, -0.1) is 11.3 Å². The molecule has 1 atom stereocenters. The summed E-state index contributed by atoms with van der Waals surface area (Å²) < 4.78 is 18.9. The molecule has 0 aliphatic heterocycles. The minimum absolute atomic E-state index is 0.267. The monoisotopic (exact) mass is 401 g/mol. The highest BCUT2D eigenvalue weighted by molar-refractivity contribution is 7.15. The molecule has 0 radical (unpaired) electrons. The zero-order valence-corrected chi connectivity index (χ0v) is 16.0. The van der Waals surface area contributed by atoms with E-state index in [4.69, 9.17) is 4.74 Å². The van der Waals surface area contributed by atoms with Crippen molar-refractivity contribution in [3.63, 3.8) is 0 Å². The first-order valence-electron chi connectivity index (χ1n) is 8.59. The summed E-state index contributed by atoms with van der Waals surface area (Å²) in [5.74, 6) is 0.364. The topological polar surface area (TPSA) is 83.5 Å².